The molecule has 0 radical (unpaired) electrons. The Hall–Kier alpha value is -1.35. The van der Waals surface area contributed by atoms with Crippen LogP contribution >= 0.6 is 0 Å². The van der Waals surface area contributed by atoms with Crippen molar-refractivity contribution < 1.29 is 4.79 Å². The van der Waals surface area contributed by atoms with Gasteiger partial charge in [0.05, 0.1) is 13.2 Å². The highest BCUT2D eigenvalue weighted by atomic mass is 16.2. The molecule has 1 aromatic carbocycles. The highest BCUT2D eigenvalue weighted by molar-refractivity contribution is 5.80. The van der Waals surface area contributed by atoms with Crippen LogP contribution in [0.25, 0.3) is 0 Å². The van der Waals surface area contributed by atoms with E-state index in [1.807, 2.05) is 4.90 Å². The number of hydrogen-bond acceptors (Lipinski definition) is 2. The molecule has 17 heavy (non-hydrogen) atoms. The standard InChI is InChI=1S/C14H18N2O/c1-11-4-2-3-5-12(11)8-15-9-14(17)16(10-15)13-6-7-13/h2-5,13H,6-10H2,1H3. The quantitative estimate of drug-likeness (QED) is 0.790. The first-order valence-corrected chi connectivity index (χ1v) is 6.30. The summed E-state index contributed by atoms with van der Waals surface area (Å²) in [5, 5.41) is 0. The van der Waals surface area contributed by atoms with E-state index in [-0.39, 0.29) is 0 Å². The summed E-state index contributed by atoms with van der Waals surface area (Å²) in [6.07, 6.45) is 2.40. The lowest BCUT2D eigenvalue weighted by atomic mass is 10.1. The fourth-order valence-corrected chi connectivity index (χ4v) is 2.47. The molecule has 0 aromatic heterocycles. The second-order valence-corrected chi connectivity index (χ2v) is 5.15. The van der Waals surface area contributed by atoms with E-state index in [1.165, 1.54) is 24.0 Å². The second-order valence-electron chi connectivity index (χ2n) is 5.15. The second kappa shape index (κ2) is 4.15. The molecule has 1 saturated carbocycles. The highest BCUT2D eigenvalue weighted by Gasteiger charge is 2.38. The van der Waals surface area contributed by atoms with Crippen molar-refractivity contribution in [1.29, 1.82) is 0 Å². The van der Waals surface area contributed by atoms with Crippen LogP contribution in [0.5, 0.6) is 0 Å². The number of hydrogen-bond donors (Lipinski definition) is 0. The van der Waals surface area contributed by atoms with Gasteiger partial charge < -0.3 is 4.90 Å². The summed E-state index contributed by atoms with van der Waals surface area (Å²) in [5.74, 6) is 0.307. The Bertz CT molecular complexity index is 440. The molecule has 1 aliphatic carbocycles. The minimum Gasteiger partial charge on any atom is -0.326 e. The predicted molar refractivity (Wildman–Crippen MR) is 66.3 cm³/mol. The lowest BCUT2D eigenvalue weighted by Gasteiger charge is -2.18. The van der Waals surface area contributed by atoms with E-state index >= 15 is 0 Å². The number of benzene rings is 1. The molecule has 2 fully saturated rings. The van der Waals surface area contributed by atoms with Crippen LogP contribution < -0.4 is 0 Å². The number of aryl methyl sites for hydroxylation is 1. The molecule has 1 aliphatic heterocycles. The monoisotopic (exact) mass is 230 g/mol. The fourth-order valence-electron chi connectivity index (χ4n) is 2.47. The summed E-state index contributed by atoms with van der Waals surface area (Å²) >= 11 is 0. The maximum Gasteiger partial charge on any atom is 0.238 e. The zero-order valence-electron chi connectivity index (χ0n) is 10.2. The van der Waals surface area contributed by atoms with E-state index in [9.17, 15) is 4.79 Å². The Balaban J connectivity index is 1.67. The Morgan fingerprint density at radius 3 is 2.76 bits per heavy atom. The highest BCUT2D eigenvalue weighted by Crippen LogP contribution is 2.29. The average Bonchev–Trinajstić information content (AvgIpc) is 3.07. The molecule has 0 N–H and O–H groups in total. The molecule has 0 unspecified atom stereocenters. The van der Waals surface area contributed by atoms with E-state index in [1.54, 1.807) is 0 Å². The maximum atomic E-state index is 11.8. The zero-order valence-corrected chi connectivity index (χ0v) is 10.2. The first-order valence-electron chi connectivity index (χ1n) is 6.30. The topological polar surface area (TPSA) is 23.6 Å². The summed E-state index contributed by atoms with van der Waals surface area (Å²) in [4.78, 5) is 16.1. The van der Waals surface area contributed by atoms with Crippen molar-refractivity contribution in [2.75, 3.05) is 13.2 Å². The van der Waals surface area contributed by atoms with Gasteiger partial charge in [-0.05, 0) is 30.9 Å². The lowest BCUT2D eigenvalue weighted by Crippen LogP contribution is -2.29. The lowest BCUT2D eigenvalue weighted by molar-refractivity contribution is -0.127. The van der Waals surface area contributed by atoms with Crippen molar-refractivity contribution >= 4 is 5.91 Å². The van der Waals surface area contributed by atoms with Gasteiger partial charge in [0.15, 0.2) is 0 Å². The van der Waals surface area contributed by atoms with Crippen LogP contribution in [-0.2, 0) is 11.3 Å². The van der Waals surface area contributed by atoms with Gasteiger partial charge in [0.2, 0.25) is 5.91 Å². The van der Waals surface area contributed by atoms with Crippen LogP contribution in [0.1, 0.15) is 24.0 Å². The van der Waals surface area contributed by atoms with E-state index in [0.717, 1.165) is 13.2 Å². The molecule has 0 bridgehead atoms. The first-order chi connectivity index (χ1) is 8.24. The van der Waals surface area contributed by atoms with E-state index in [4.69, 9.17) is 0 Å². The van der Waals surface area contributed by atoms with Crippen molar-refractivity contribution in [1.82, 2.24) is 9.80 Å². The summed E-state index contributed by atoms with van der Waals surface area (Å²) < 4.78 is 0. The van der Waals surface area contributed by atoms with Gasteiger partial charge in [-0.3, -0.25) is 9.69 Å². The van der Waals surface area contributed by atoms with Crippen LogP contribution in [0.4, 0.5) is 0 Å². The van der Waals surface area contributed by atoms with Gasteiger partial charge >= 0.3 is 0 Å². The minimum atomic E-state index is 0.307. The van der Waals surface area contributed by atoms with Gasteiger partial charge in [-0.2, -0.15) is 0 Å². The van der Waals surface area contributed by atoms with Crippen molar-refractivity contribution in [3.8, 4) is 0 Å². The maximum absolute atomic E-state index is 11.8. The van der Waals surface area contributed by atoms with Crippen LogP contribution in [0, 0.1) is 6.92 Å². The molecule has 0 atom stereocenters. The third kappa shape index (κ3) is 2.20. The molecule has 3 heteroatoms. The summed E-state index contributed by atoms with van der Waals surface area (Å²) in [6, 6.07) is 8.96. The van der Waals surface area contributed by atoms with Gasteiger partial charge in [-0.25, -0.2) is 0 Å². The van der Waals surface area contributed by atoms with Gasteiger partial charge in [-0.15, -0.1) is 0 Å². The third-order valence-corrected chi connectivity index (χ3v) is 3.67. The normalized spacial score (nSPS) is 21.2. The van der Waals surface area contributed by atoms with Crippen LogP contribution in [0.15, 0.2) is 24.3 Å². The molecule has 1 aromatic rings. The molecule has 3 rings (SSSR count). The van der Waals surface area contributed by atoms with Crippen LogP contribution in [0.2, 0.25) is 0 Å². The Kier molecular flexibility index (Phi) is 2.63. The number of carbonyl (C=O) groups is 1. The SMILES string of the molecule is Cc1ccccc1CN1CC(=O)N(C2CC2)C1. The number of carbonyl (C=O) groups excluding carboxylic acids is 1. The molecule has 1 amide bonds. The van der Waals surface area contributed by atoms with Crippen LogP contribution in [0.3, 0.4) is 0 Å². The number of rotatable bonds is 3. The Morgan fingerprint density at radius 2 is 2.06 bits per heavy atom. The van der Waals surface area contributed by atoms with Crippen LogP contribution in [-0.4, -0.2) is 35.0 Å². The van der Waals surface area contributed by atoms with Gasteiger partial charge in [0.25, 0.3) is 0 Å². The van der Waals surface area contributed by atoms with Crippen molar-refractivity contribution in [2.45, 2.75) is 32.4 Å². The first kappa shape index (κ1) is 10.8. The number of amides is 1. The third-order valence-electron chi connectivity index (χ3n) is 3.67. The summed E-state index contributed by atoms with van der Waals surface area (Å²) in [5.41, 5.74) is 2.64. The minimum absolute atomic E-state index is 0.307. The van der Waals surface area contributed by atoms with E-state index < -0.39 is 0 Å². The molecule has 1 heterocycles. The molecule has 2 aliphatic rings. The largest absolute Gasteiger partial charge is 0.326 e. The van der Waals surface area contributed by atoms with Crippen molar-refractivity contribution in [3.05, 3.63) is 35.4 Å². The van der Waals surface area contributed by atoms with Gasteiger partial charge in [0.1, 0.15) is 0 Å². The molecule has 90 valence electrons. The van der Waals surface area contributed by atoms with Crippen molar-refractivity contribution in [3.63, 3.8) is 0 Å². The average molecular weight is 230 g/mol. The van der Waals surface area contributed by atoms with E-state index in [2.05, 4.69) is 36.1 Å². The summed E-state index contributed by atoms with van der Waals surface area (Å²) in [7, 11) is 0. The van der Waals surface area contributed by atoms with Crippen molar-refractivity contribution in [2.24, 2.45) is 0 Å². The molecular formula is C14H18N2O. The zero-order chi connectivity index (χ0) is 11.8. The Morgan fingerprint density at radius 1 is 1.29 bits per heavy atom. The summed E-state index contributed by atoms with van der Waals surface area (Å²) in [6.45, 7) is 4.43. The molecular weight excluding hydrogens is 212 g/mol. The number of nitrogens with zero attached hydrogens (tertiary/aromatic N) is 2. The molecule has 1 saturated heterocycles. The van der Waals surface area contributed by atoms with E-state index in [0.29, 0.717) is 18.5 Å². The predicted octanol–water partition coefficient (Wildman–Crippen LogP) is 1.76. The Labute approximate surface area is 102 Å². The molecule has 0 spiro atoms. The van der Waals surface area contributed by atoms with Gasteiger partial charge in [0, 0.05) is 12.6 Å². The smallest absolute Gasteiger partial charge is 0.238 e. The fraction of sp³-hybridized carbons (Fsp3) is 0.500. The molecule has 3 nitrogen and oxygen atoms in total. The van der Waals surface area contributed by atoms with Gasteiger partial charge in [-0.1, -0.05) is 24.3 Å².